The highest BCUT2D eigenvalue weighted by Gasteiger charge is 1.97. The molecule has 0 aliphatic carbocycles. The Bertz CT molecular complexity index is 485. The maximum atomic E-state index is 10.8. The quantitative estimate of drug-likeness (QED) is 0.424. The van der Waals surface area contributed by atoms with Gasteiger partial charge in [0.2, 0.25) is 0 Å². The molecule has 0 atom stereocenters. The van der Waals surface area contributed by atoms with Crippen LogP contribution in [0.1, 0.15) is 32.3 Å². The van der Waals surface area contributed by atoms with Crippen molar-refractivity contribution in [1.82, 2.24) is 0 Å². The van der Waals surface area contributed by atoms with Gasteiger partial charge in [-0.2, -0.15) is 0 Å². The van der Waals surface area contributed by atoms with E-state index in [0.29, 0.717) is 26.2 Å². The van der Waals surface area contributed by atoms with Crippen LogP contribution in [0.15, 0.2) is 36.9 Å². The summed E-state index contributed by atoms with van der Waals surface area (Å²) in [5.74, 6) is 0.462. The number of carbonyl (C=O) groups is 2. The molecule has 1 aromatic rings. The number of carbonyl (C=O) groups excluding carboxylic acids is 2. The minimum Gasteiger partial charge on any atom is -0.493 e. The van der Waals surface area contributed by atoms with E-state index in [1.165, 1.54) is 5.56 Å². The minimum atomic E-state index is -0.711. The first-order valence-electron chi connectivity index (χ1n) is 7.96. The van der Waals surface area contributed by atoms with Crippen LogP contribution in [-0.2, 0) is 20.7 Å². The molecule has 0 radical (unpaired) electrons. The van der Waals surface area contributed by atoms with Crippen LogP contribution in [0.5, 0.6) is 5.75 Å². The first-order valence-corrected chi connectivity index (χ1v) is 7.96. The van der Waals surface area contributed by atoms with Crippen LogP contribution in [0, 0.1) is 0 Å². The lowest BCUT2D eigenvalue weighted by Crippen LogP contribution is -2.11. The van der Waals surface area contributed by atoms with Gasteiger partial charge in [-0.25, -0.2) is 9.59 Å². The fourth-order valence-corrected chi connectivity index (χ4v) is 1.66. The molecule has 6 heteroatoms. The molecule has 0 saturated heterocycles. The Hall–Kier alpha value is -2.50. The summed E-state index contributed by atoms with van der Waals surface area (Å²) in [7, 11) is 0. The number of benzene rings is 1. The van der Waals surface area contributed by atoms with E-state index >= 15 is 0 Å². The van der Waals surface area contributed by atoms with E-state index in [-0.39, 0.29) is 5.97 Å². The second-order valence-corrected chi connectivity index (χ2v) is 4.72. The molecule has 0 aliphatic heterocycles. The van der Waals surface area contributed by atoms with E-state index in [2.05, 4.69) is 36.1 Å². The van der Waals surface area contributed by atoms with Crippen molar-refractivity contribution in [3.63, 3.8) is 0 Å². The highest BCUT2D eigenvalue weighted by atomic mass is 16.5. The Kier molecular flexibility index (Phi) is 12.6. The van der Waals surface area contributed by atoms with E-state index in [0.717, 1.165) is 24.7 Å². The lowest BCUT2D eigenvalue weighted by atomic mass is 10.1. The van der Waals surface area contributed by atoms with Gasteiger partial charge in [-0.15, -0.1) is 0 Å². The van der Waals surface area contributed by atoms with Crippen LogP contribution in [-0.4, -0.2) is 31.9 Å². The third-order valence-corrected chi connectivity index (χ3v) is 2.72. The lowest BCUT2D eigenvalue weighted by molar-refractivity contribution is -0.137. The maximum Gasteiger partial charge on any atom is 0.404 e. The number of primary amides is 1. The molecule has 2 N–H and O–H groups in total. The van der Waals surface area contributed by atoms with Gasteiger partial charge in [0, 0.05) is 12.5 Å². The van der Waals surface area contributed by atoms with Crippen LogP contribution < -0.4 is 10.5 Å². The second kappa shape index (κ2) is 14.1. The number of aryl methyl sites for hydroxylation is 1. The third-order valence-electron chi connectivity index (χ3n) is 2.72. The Balaban J connectivity index is 0.000000754. The zero-order valence-electron chi connectivity index (χ0n) is 14.5. The van der Waals surface area contributed by atoms with E-state index in [1.54, 1.807) is 6.92 Å². The molecule has 134 valence electrons. The number of amides is 1. The van der Waals surface area contributed by atoms with Crippen molar-refractivity contribution in [2.45, 2.75) is 33.1 Å². The normalized spacial score (nSPS) is 9.25. The number of ether oxygens (including phenoxy) is 3. The number of rotatable bonds is 9. The van der Waals surface area contributed by atoms with Crippen LogP contribution in [0.4, 0.5) is 4.79 Å². The number of hydrogen-bond donors (Lipinski definition) is 1. The summed E-state index contributed by atoms with van der Waals surface area (Å²) in [6.07, 6.45) is 3.37. The molecule has 0 saturated carbocycles. The molecule has 1 aromatic carbocycles. The van der Waals surface area contributed by atoms with Gasteiger partial charge in [-0.3, -0.25) is 0 Å². The summed E-state index contributed by atoms with van der Waals surface area (Å²) in [6.45, 7) is 8.44. The summed E-state index contributed by atoms with van der Waals surface area (Å²) in [6, 6.07) is 8.11. The van der Waals surface area contributed by atoms with Crippen LogP contribution >= 0.6 is 0 Å². The van der Waals surface area contributed by atoms with Gasteiger partial charge in [-0.1, -0.05) is 32.1 Å². The summed E-state index contributed by atoms with van der Waals surface area (Å²) in [5, 5.41) is 0. The van der Waals surface area contributed by atoms with Crippen molar-refractivity contribution in [3.05, 3.63) is 42.5 Å². The molecule has 0 heterocycles. The first-order chi connectivity index (χ1) is 11.5. The van der Waals surface area contributed by atoms with Crippen LogP contribution in [0.25, 0.3) is 0 Å². The molecule has 0 aliphatic rings. The van der Waals surface area contributed by atoms with Crippen molar-refractivity contribution in [3.8, 4) is 5.75 Å². The third kappa shape index (κ3) is 12.1. The molecule has 6 nitrogen and oxygen atoms in total. The minimum absolute atomic E-state index is 0.356. The molecule has 24 heavy (non-hydrogen) atoms. The zero-order chi connectivity index (χ0) is 18.2. The van der Waals surface area contributed by atoms with E-state index in [4.69, 9.17) is 9.47 Å². The number of hydrogen-bond acceptors (Lipinski definition) is 5. The Morgan fingerprint density at radius 2 is 1.79 bits per heavy atom. The molecule has 0 fully saturated rings. The molecular weight excluding hydrogens is 310 g/mol. The van der Waals surface area contributed by atoms with Crippen molar-refractivity contribution in [1.29, 1.82) is 0 Å². The van der Waals surface area contributed by atoms with Gasteiger partial charge >= 0.3 is 12.1 Å². The maximum absolute atomic E-state index is 10.8. The topological polar surface area (TPSA) is 87.8 Å². The Morgan fingerprint density at radius 1 is 1.12 bits per heavy atom. The van der Waals surface area contributed by atoms with Crippen LogP contribution in [0.3, 0.4) is 0 Å². The predicted octanol–water partition coefficient (Wildman–Crippen LogP) is 3.24. The zero-order valence-corrected chi connectivity index (χ0v) is 14.5. The van der Waals surface area contributed by atoms with Crippen molar-refractivity contribution in [2.75, 3.05) is 19.8 Å². The molecule has 0 unspecified atom stereocenters. The molecule has 0 spiro atoms. The van der Waals surface area contributed by atoms with Crippen molar-refractivity contribution >= 4 is 12.1 Å². The fraction of sp³-hybridized carbons (Fsp3) is 0.444. The number of esters is 1. The lowest BCUT2D eigenvalue weighted by Gasteiger charge is -2.07. The summed E-state index contributed by atoms with van der Waals surface area (Å²) in [4.78, 5) is 20.4. The molecule has 1 amide bonds. The SMILES string of the molecule is C=CC(=O)OCCCOc1ccc(CCC)cc1.CCOC(N)=O. The van der Waals surface area contributed by atoms with Gasteiger partial charge in [-0.05, 0) is 31.0 Å². The highest BCUT2D eigenvalue weighted by Crippen LogP contribution is 2.13. The standard InChI is InChI=1S/C15H20O3.C3H7NO2/c1-3-6-13-7-9-14(10-8-13)17-11-5-12-18-15(16)4-2;1-2-6-3(4)5/h4,7-10H,2-3,5-6,11-12H2,1H3;2H2,1H3,(H2,4,5). The largest absolute Gasteiger partial charge is 0.493 e. The highest BCUT2D eigenvalue weighted by molar-refractivity contribution is 5.81. The van der Waals surface area contributed by atoms with Gasteiger partial charge in [0.05, 0.1) is 19.8 Å². The fourth-order valence-electron chi connectivity index (χ4n) is 1.66. The average molecular weight is 337 g/mol. The monoisotopic (exact) mass is 337 g/mol. The molecule has 0 bridgehead atoms. The molecule has 0 aromatic heterocycles. The van der Waals surface area contributed by atoms with Crippen LogP contribution in [0.2, 0.25) is 0 Å². The summed E-state index contributed by atoms with van der Waals surface area (Å²) >= 11 is 0. The van der Waals surface area contributed by atoms with Gasteiger partial charge in [0.15, 0.2) is 0 Å². The summed E-state index contributed by atoms with van der Waals surface area (Å²) < 4.78 is 14.6. The van der Waals surface area contributed by atoms with E-state index in [9.17, 15) is 9.59 Å². The van der Waals surface area contributed by atoms with Crippen molar-refractivity contribution in [2.24, 2.45) is 5.73 Å². The van der Waals surface area contributed by atoms with Gasteiger partial charge in [0.25, 0.3) is 0 Å². The van der Waals surface area contributed by atoms with E-state index in [1.807, 2.05) is 12.1 Å². The number of nitrogens with two attached hydrogens (primary N) is 1. The Morgan fingerprint density at radius 3 is 2.25 bits per heavy atom. The van der Waals surface area contributed by atoms with E-state index < -0.39 is 6.09 Å². The molecule has 1 rings (SSSR count). The summed E-state index contributed by atoms with van der Waals surface area (Å²) in [5.41, 5.74) is 5.87. The van der Waals surface area contributed by atoms with Gasteiger partial charge < -0.3 is 19.9 Å². The second-order valence-electron chi connectivity index (χ2n) is 4.72. The smallest absolute Gasteiger partial charge is 0.404 e. The first kappa shape index (κ1) is 21.5. The van der Waals surface area contributed by atoms with Gasteiger partial charge in [0.1, 0.15) is 5.75 Å². The average Bonchev–Trinajstić information content (AvgIpc) is 2.56. The van der Waals surface area contributed by atoms with Crippen molar-refractivity contribution < 1.29 is 23.8 Å². The predicted molar refractivity (Wildman–Crippen MR) is 92.9 cm³/mol. The molecular formula is C18H27NO5. The Labute approximate surface area is 143 Å².